The smallest absolute Gasteiger partial charge is 0.317 e. The number of hydrogen-bond acceptors (Lipinski definition) is 3. The molecule has 2 fully saturated rings. The zero-order chi connectivity index (χ0) is 24.6. The summed E-state index contributed by atoms with van der Waals surface area (Å²) >= 11 is 31.1. The molecule has 4 amide bonds. The molecular weight excluding hydrogens is 546 g/mol. The standard InChI is InChI=1S/C22H19Cl5N4O3/c23-12-7-11(8-13(24)9-12)17-18(22(17,26)27)20(33)30-14-1-2-16(25)15(10-14)19(32)28-3-5-31-6-4-29-21(31)34/h1-2,7-10,17-18H,3-6H2,(H,28,32)(H,29,34)(H,30,33). The van der Waals surface area contributed by atoms with Crippen LogP contribution in [0.25, 0.3) is 0 Å². The highest BCUT2D eigenvalue weighted by molar-refractivity contribution is 6.53. The number of benzene rings is 2. The summed E-state index contributed by atoms with van der Waals surface area (Å²) in [6.45, 7) is 1.80. The zero-order valence-corrected chi connectivity index (χ0v) is 21.3. The second kappa shape index (κ2) is 9.99. The van der Waals surface area contributed by atoms with Gasteiger partial charge in [0.2, 0.25) is 5.91 Å². The molecule has 2 aromatic rings. The number of carbonyl (C=O) groups excluding carboxylic acids is 3. The van der Waals surface area contributed by atoms with Crippen molar-refractivity contribution in [1.29, 1.82) is 0 Å². The summed E-state index contributed by atoms with van der Waals surface area (Å²) in [5.74, 6) is -2.09. The van der Waals surface area contributed by atoms with Crippen LogP contribution in [0.5, 0.6) is 0 Å². The predicted octanol–water partition coefficient (Wildman–Crippen LogP) is 4.93. The molecule has 34 heavy (non-hydrogen) atoms. The first-order chi connectivity index (χ1) is 16.1. The lowest BCUT2D eigenvalue weighted by Gasteiger charge is -2.15. The quantitative estimate of drug-likeness (QED) is 0.417. The van der Waals surface area contributed by atoms with E-state index in [1.54, 1.807) is 29.2 Å². The third kappa shape index (κ3) is 5.34. The van der Waals surface area contributed by atoms with Gasteiger partial charge in [0, 0.05) is 47.8 Å². The second-order valence-electron chi connectivity index (χ2n) is 7.99. The largest absolute Gasteiger partial charge is 0.350 e. The van der Waals surface area contributed by atoms with Crippen molar-refractivity contribution in [1.82, 2.24) is 15.5 Å². The number of anilines is 1. The summed E-state index contributed by atoms with van der Waals surface area (Å²) in [5.41, 5.74) is 1.20. The van der Waals surface area contributed by atoms with E-state index in [-0.39, 0.29) is 23.2 Å². The Morgan fingerprint density at radius 3 is 2.44 bits per heavy atom. The van der Waals surface area contributed by atoms with Gasteiger partial charge in [-0.1, -0.05) is 34.8 Å². The van der Waals surface area contributed by atoms with Gasteiger partial charge in [0.05, 0.1) is 16.5 Å². The molecule has 1 saturated carbocycles. The highest BCUT2D eigenvalue weighted by Gasteiger charge is 2.67. The Bertz CT molecular complexity index is 1140. The number of rotatable bonds is 7. The number of halogens is 5. The molecule has 2 unspecified atom stereocenters. The molecule has 1 aliphatic carbocycles. The number of alkyl halides is 2. The van der Waals surface area contributed by atoms with Crippen molar-refractivity contribution in [3.05, 3.63) is 62.6 Å². The Morgan fingerprint density at radius 2 is 1.79 bits per heavy atom. The van der Waals surface area contributed by atoms with E-state index in [0.29, 0.717) is 40.9 Å². The molecule has 1 heterocycles. The minimum Gasteiger partial charge on any atom is -0.350 e. The van der Waals surface area contributed by atoms with Crippen molar-refractivity contribution >= 4 is 81.5 Å². The van der Waals surface area contributed by atoms with Crippen LogP contribution in [-0.2, 0) is 4.79 Å². The van der Waals surface area contributed by atoms with E-state index in [0.717, 1.165) is 0 Å². The van der Waals surface area contributed by atoms with Crippen LogP contribution in [-0.4, -0.2) is 53.3 Å². The van der Waals surface area contributed by atoms with Crippen LogP contribution in [0.2, 0.25) is 15.1 Å². The zero-order valence-electron chi connectivity index (χ0n) is 17.5. The molecule has 3 N–H and O–H groups in total. The van der Waals surface area contributed by atoms with Crippen molar-refractivity contribution in [2.45, 2.75) is 10.3 Å². The lowest BCUT2D eigenvalue weighted by molar-refractivity contribution is -0.117. The van der Waals surface area contributed by atoms with Gasteiger partial charge in [0.25, 0.3) is 5.91 Å². The van der Waals surface area contributed by atoms with Gasteiger partial charge < -0.3 is 20.9 Å². The Morgan fingerprint density at radius 1 is 1.09 bits per heavy atom. The fourth-order valence-electron chi connectivity index (χ4n) is 3.94. The average Bonchev–Trinajstić information content (AvgIpc) is 3.11. The first kappa shape index (κ1) is 25.2. The Hall–Kier alpha value is -1.90. The van der Waals surface area contributed by atoms with Crippen LogP contribution in [0.1, 0.15) is 21.8 Å². The first-order valence-electron chi connectivity index (χ1n) is 10.3. The molecule has 180 valence electrons. The molecule has 1 aliphatic heterocycles. The number of carbonyl (C=O) groups is 3. The lowest BCUT2D eigenvalue weighted by Crippen LogP contribution is -2.36. The van der Waals surface area contributed by atoms with Crippen molar-refractivity contribution in [2.75, 3.05) is 31.5 Å². The molecule has 2 aromatic carbocycles. The Balaban J connectivity index is 1.41. The van der Waals surface area contributed by atoms with E-state index in [9.17, 15) is 14.4 Å². The average molecular weight is 565 g/mol. The lowest BCUT2D eigenvalue weighted by atomic mass is 10.1. The van der Waals surface area contributed by atoms with Crippen molar-refractivity contribution < 1.29 is 14.4 Å². The van der Waals surface area contributed by atoms with Crippen LogP contribution < -0.4 is 16.0 Å². The van der Waals surface area contributed by atoms with E-state index >= 15 is 0 Å². The molecule has 7 nitrogen and oxygen atoms in total. The molecule has 12 heteroatoms. The van der Waals surface area contributed by atoms with Gasteiger partial charge in [-0.05, 0) is 42.0 Å². The Labute approximate surface area is 221 Å². The molecule has 2 atom stereocenters. The summed E-state index contributed by atoms with van der Waals surface area (Å²) in [4.78, 5) is 38.7. The topological polar surface area (TPSA) is 90.5 Å². The van der Waals surface area contributed by atoms with Gasteiger partial charge >= 0.3 is 6.03 Å². The number of urea groups is 1. The Kier molecular flexibility index (Phi) is 7.41. The summed E-state index contributed by atoms with van der Waals surface area (Å²) in [6.07, 6.45) is 0. The normalized spacial score (nSPS) is 20.6. The number of hydrogen-bond donors (Lipinski definition) is 3. The number of amides is 4. The van der Waals surface area contributed by atoms with Crippen LogP contribution in [0, 0.1) is 5.92 Å². The fourth-order valence-corrected chi connectivity index (χ4v) is 5.52. The van der Waals surface area contributed by atoms with Gasteiger partial charge in [-0.25, -0.2) is 4.79 Å². The summed E-state index contributed by atoms with van der Waals surface area (Å²) in [7, 11) is 0. The first-order valence-corrected chi connectivity index (χ1v) is 12.2. The van der Waals surface area contributed by atoms with E-state index in [4.69, 9.17) is 58.0 Å². The second-order valence-corrected chi connectivity index (χ2v) is 10.7. The number of nitrogens with one attached hydrogen (secondary N) is 3. The van der Waals surface area contributed by atoms with Crippen molar-refractivity contribution in [3.63, 3.8) is 0 Å². The van der Waals surface area contributed by atoms with Crippen LogP contribution in [0.15, 0.2) is 36.4 Å². The molecule has 4 rings (SSSR count). The third-order valence-electron chi connectivity index (χ3n) is 5.67. The van der Waals surface area contributed by atoms with Crippen LogP contribution >= 0.6 is 58.0 Å². The molecule has 0 bridgehead atoms. The van der Waals surface area contributed by atoms with Gasteiger partial charge in [-0.15, -0.1) is 23.2 Å². The fraction of sp³-hybridized carbons (Fsp3) is 0.318. The number of nitrogens with zero attached hydrogens (tertiary/aromatic N) is 1. The van der Waals surface area contributed by atoms with E-state index in [1.807, 2.05) is 0 Å². The maximum Gasteiger partial charge on any atom is 0.317 e. The summed E-state index contributed by atoms with van der Waals surface area (Å²) < 4.78 is -1.33. The molecule has 0 radical (unpaired) electrons. The van der Waals surface area contributed by atoms with Gasteiger partial charge in [-0.3, -0.25) is 9.59 Å². The maximum absolute atomic E-state index is 12.9. The highest BCUT2D eigenvalue weighted by atomic mass is 35.5. The van der Waals surface area contributed by atoms with Gasteiger partial charge in [0.1, 0.15) is 4.33 Å². The molecular formula is C22H19Cl5N4O3. The minimum absolute atomic E-state index is 0.162. The summed E-state index contributed by atoms with van der Waals surface area (Å²) in [6, 6.07) is 9.30. The van der Waals surface area contributed by atoms with Gasteiger partial charge in [-0.2, -0.15) is 0 Å². The third-order valence-corrected chi connectivity index (χ3v) is 7.38. The molecule has 0 aromatic heterocycles. The monoisotopic (exact) mass is 562 g/mol. The molecule has 0 spiro atoms. The predicted molar refractivity (Wildman–Crippen MR) is 135 cm³/mol. The van der Waals surface area contributed by atoms with Crippen LogP contribution in [0.4, 0.5) is 10.5 Å². The van der Waals surface area contributed by atoms with E-state index < -0.39 is 28.0 Å². The SMILES string of the molecule is O=C(NCCN1CCNC1=O)c1cc(NC(=O)C2C(c3cc(Cl)cc(Cl)c3)C2(Cl)Cl)ccc1Cl. The highest BCUT2D eigenvalue weighted by Crippen LogP contribution is 2.65. The maximum atomic E-state index is 12.9. The van der Waals surface area contributed by atoms with E-state index in [2.05, 4.69) is 16.0 Å². The van der Waals surface area contributed by atoms with Crippen molar-refractivity contribution in [3.8, 4) is 0 Å². The molecule has 1 saturated heterocycles. The van der Waals surface area contributed by atoms with Crippen molar-refractivity contribution in [2.24, 2.45) is 5.92 Å². The van der Waals surface area contributed by atoms with E-state index in [1.165, 1.54) is 12.1 Å². The minimum atomic E-state index is -1.33. The summed E-state index contributed by atoms with van der Waals surface area (Å²) in [5, 5.41) is 9.21. The van der Waals surface area contributed by atoms with Crippen LogP contribution in [0.3, 0.4) is 0 Å². The molecule has 2 aliphatic rings. The van der Waals surface area contributed by atoms with Gasteiger partial charge in [0.15, 0.2) is 0 Å².